The Hall–Kier alpha value is -1.78. The van der Waals surface area contributed by atoms with Crippen molar-refractivity contribution in [3.8, 4) is 0 Å². The van der Waals surface area contributed by atoms with Crippen LogP contribution in [0.25, 0.3) is 0 Å². The van der Waals surface area contributed by atoms with Crippen LogP contribution in [-0.2, 0) is 11.3 Å². The van der Waals surface area contributed by atoms with Gasteiger partial charge in [0.1, 0.15) is 12.2 Å². The molecule has 1 atom stereocenters. The van der Waals surface area contributed by atoms with Crippen LogP contribution in [0.1, 0.15) is 43.6 Å². The number of nitrogens with zero attached hydrogens (tertiary/aromatic N) is 1. The van der Waals surface area contributed by atoms with E-state index in [4.69, 9.17) is 5.11 Å². The maximum absolute atomic E-state index is 12.0. The summed E-state index contributed by atoms with van der Waals surface area (Å²) in [7, 11) is 0. The first-order valence-electron chi connectivity index (χ1n) is 6.58. The maximum Gasteiger partial charge on any atom is 0.352 e. The van der Waals surface area contributed by atoms with E-state index in [1.54, 1.807) is 12.3 Å². The monoisotopic (exact) mass is 264 g/mol. The molecule has 104 valence electrons. The Morgan fingerprint density at radius 3 is 2.84 bits per heavy atom. The molecule has 1 aromatic rings. The van der Waals surface area contributed by atoms with Crippen molar-refractivity contribution in [2.45, 2.75) is 45.7 Å². The van der Waals surface area contributed by atoms with Crippen molar-refractivity contribution in [1.82, 2.24) is 9.88 Å². The number of hydrogen-bond donors (Lipinski definition) is 2. The summed E-state index contributed by atoms with van der Waals surface area (Å²) in [4.78, 5) is 23.0. The van der Waals surface area contributed by atoms with E-state index in [2.05, 4.69) is 19.2 Å². The summed E-state index contributed by atoms with van der Waals surface area (Å²) in [6.07, 6.45) is 4.85. The molecule has 2 rings (SSSR count). The van der Waals surface area contributed by atoms with Crippen LogP contribution in [0.2, 0.25) is 0 Å². The molecule has 0 radical (unpaired) electrons. The Labute approximate surface area is 112 Å². The molecular weight excluding hydrogens is 244 g/mol. The third kappa shape index (κ3) is 2.97. The van der Waals surface area contributed by atoms with E-state index >= 15 is 0 Å². The van der Waals surface area contributed by atoms with Gasteiger partial charge in [0, 0.05) is 12.2 Å². The van der Waals surface area contributed by atoms with Crippen molar-refractivity contribution < 1.29 is 14.7 Å². The van der Waals surface area contributed by atoms with Gasteiger partial charge in [-0.2, -0.15) is 0 Å². The van der Waals surface area contributed by atoms with Crippen LogP contribution in [0.15, 0.2) is 18.3 Å². The molecule has 1 saturated carbocycles. The highest BCUT2D eigenvalue weighted by Crippen LogP contribution is 2.37. The van der Waals surface area contributed by atoms with E-state index in [1.165, 1.54) is 10.6 Å². The van der Waals surface area contributed by atoms with Crippen LogP contribution in [0, 0.1) is 5.41 Å². The fourth-order valence-electron chi connectivity index (χ4n) is 2.74. The highest BCUT2D eigenvalue weighted by atomic mass is 16.4. The predicted molar refractivity (Wildman–Crippen MR) is 71.0 cm³/mol. The van der Waals surface area contributed by atoms with Crippen LogP contribution in [-0.4, -0.2) is 27.6 Å². The molecule has 1 amide bonds. The van der Waals surface area contributed by atoms with E-state index in [-0.39, 0.29) is 29.6 Å². The number of carboxylic acid groups (broad SMARTS) is 1. The molecule has 0 bridgehead atoms. The van der Waals surface area contributed by atoms with Gasteiger partial charge in [-0.05, 0) is 30.4 Å². The average molecular weight is 264 g/mol. The number of nitrogens with one attached hydrogen (secondary N) is 1. The SMILES string of the molecule is CC1(C)CCCC1NC(=O)Cn1cccc1C(=O)O. The zero-order chi connectivity index (χ0) is 14.0. The minimum atomic E-state index is -1.01. The molecule has 2 N–H and O–H groups in total. The van der Waals surface area contributed by atoms with Gasteiger partial charge < -0.3 is 15.0 Å². The Bertz CT molecular complexity index is 491. The smallest absolute Gasteiger partial charge is 0.352 e. The number of aromatic carboxylic acids is 1. The normalized spacial score (nSPS) is 21.3. The Morgan fingerprint density at radius 2 is 2.26 bits per heavy atom. The molecule has 1 aliphatic carbocycles. The van der Waals surface area contributed by atoms with Gasteiger partial charge in [-0.1, -0.05) is 20.3 Å². The Balaban J connectivity index is 1.98. The minimum absolute atomic E-state index is 0.0568. The molecule has 0 saturated heterocycles. The van der Waals surface area contributed by atoms with E-state index in [0.717, 1.165) is 19.3 Å². The molecule has 1 fully saturated rings. The molecule has 5 heteroatoms. The molecular formula is C14H20N2O3. The Morgan fingerprint density at radius 1 is 1.53 bits per heavy atom. The van der Waals surface area contributed by atoms with Crippen LogP contribution >= 0.6 is 0 Å². The fraction of sp³-hybridized carbons (Fsp3) is 0.571. The lowest BCUT2D eigenvalue weighted by atomic mass is 9.87. The highest BCUT2D eigenvalue weighted by Gasteiger charge is 2.35. The van der Waals surface area contributed by atoms with Crippen molar-refractivity contribution in [3.05, 3.63) is 24.0 Å². The van der Waals surface area contributed by atoms with Crippen LogP contribution < -0.4 is 5.32 Å². The topological polar surface area (TPSA) is 71.3 Å². The second kappa shape index (κ2) is 5.07. The summed E-state index contributed by atoms with van der Waals surface area (Å²) >= 11 is 0. The lowest BCUT2D eigenvalue weighted by Gasteiger charge is -2.27. The maximum atomic E-state index is 12.0. The summed E-state index contributed by atoms with van der Waals surface area (Å²) in [6, 6.07) is 3.31. The van der Waals surface area contributed by atoms with Gasteiger partial charge in [0.05, 0.1) is 0 Å². The zero-order valence-corrected chi connectivity index (χ0v) is 11.3. The van der Waals surface area contributed by atoms with Crippen molar-refractivity contribution >= 4 is 11.9 Å². The van der Waals surface area contributed by atoms with Gasteiger partial charge in [-0.25, -0.2) is 4.79 Å². The zero-order valence-electron chi connectivity index (χ0n) is 11.3. The van der Waals surface area contributed by atoms with Crippen molar-refractivity contribution in [1.29, 1.82) is 0 Å². The van der Waals surface area contributed by atoms with Crippen molar-refractivity contribution in [2.24, 2.45) is 5.41 Å². The number of carboxylic acids is 1. The van der Waals surface area contributed by atoms with Crippen molar-refractivity contribution in [3.63, 3.8) is 0 Å². The largest absolute Gasteiger partial charge is 0.477 e. The first-order valence-corrected chi connectivity index (χ1v) is 6.58. The molecule has 1 aromatic heterocycles. The number of hydrogen-bond acceptors (Lipinski definition) is 2. The summed E-state index contributed by atoms with van der Waals surface area (Å²) in [5, 5.41) is 12.0. The molecule has 1 unspecified atom stereocenters. The third-order valence-corrected chi connectivity index (χ3v) is 3.96. The standard InChI is InChI=1S/C14H20N2O3/c1-14(2)7-3-6-11(14)15-12(17)9-16-8-4-5-10(16)13(18)19/h4-5,8,11H,3,6-7,9H2,1-2H3,(H,15,17)(H,18,19). The van der Waals surface area contributed by atoms with Crippen LogP contribution in [0.3, 0.4) is 0 Å². The number of carbonyl (C=O) groups excluding carboxylic acids is 1. The molecule has 5 nitrogen and oxygen atoms in total. The number of aromatic nitrogens is 1. The third-order valence-electron chi connectivity index (χ3n) is 3.96. The summed E-state index contributed by atoms with van der Waals surface area (Å²) in [5.74, 6) is -1.14. The summed E-state index contributed by atoms with van der Waals surface area (Å²) in [5.41, 5.74) is 0.267. The second-order valence-electron chi connectivity index (χ2n) is 5.83. The molecule has 1 aliphatic rings. The number of carbonyl (C=O) groups is 2. The van der Waals surface area contributed by atoms with Crippen LogP contribution in [0.4, 0.5) is 0 Å². The highest BCUT2D eigenvalue weighted by molar-refractivity contribution is 5.86. The van der Waals surface area contributed by atoms with E-state index in [9.17, 15) is 9.59 Å². The van der Waals surface area contributed by atoms with E-state index < -0.39 is 5.97 Å². The van der Waals surface area contributed by atoms with Crippen LogP contribution in [0.5, 0.6) is 0 Å². The summed E-state index contributed by atoms with van der Waals surface area (Å²) < 4.78 is 1.46. The lowest BCUT2D eigenvalue weighted by molar-refractivity contribution is -0.123. The lowest BCUT2D eigenvalue weighted by Crippen LogP contribution is -2.43. The fourth-order valence-corrected chi connectivity index (χ4v) is 2.74. The Kier molecular flexibility index (Phi) is 3.64. The summed E-state index contributed by atoms with van der Waals surface area (Å²) in [6.45, 7) is 4.37. The molecule has 1 heterocycles. The molecule has 19 heavy (non-hydrogen) atoms. The van der Waals surface area contributed by atoms with E-state index in [0.29, 0.717) is 0 Å². The van der Waals surface area contributed by atoms with E-state index in [1.807, 2.05) is 0 Å². The average Bonchev–Trinajstić information content (AvgIpc) is 2.86. The van der Waals surface area contributed by atoms with Gasteiger partial charge >= 0.3 is 5.97 Å². The minimum Gasteiger partial charge on any atom is -0.477 e. The van der Waals surface area contributed by atoms with Gasteiger partial charge in [-0.15, -0.1) is 0 Å². The molecule has 0 aliphatic heterocycles. The predicted octanol–water partition coefficient (Wildman–Crippen LogP) is 1.88. The second-order valence-corrected chi connectivity index (χ2v) is 5.83. The number of rotatable bonds is 4. The molecule has 0 spiro atoms. The van der Waals surface area contributed by atoms with Gasteiger partial charge in [0.15, 0.2) is 0 Å². The van der Waals surface area contributed by atoms with Gasteiger partial charge in [0.2, 0.25) is 5.91 Å². The van der Waals surface area contributed by atoms with Crippen molar-refractivity contribution in [2.75, 3.05) is 0 Å². The first kappa shape index (κ1) is 13.6. The van der Waals surface area contributed by atoms with Gasteiger partial charge in [-0.3, -0.25) is 4.79 Å². The quantitative estimate of drug-likeness (QED) is 0.872. The first-order chi connectivity index (χ1) is 8.90. The number of amides is 1. The molecule has 0 aromatic carbocycles. The van der Waals surface area contributed by atoms with Gasteiger partial charge in [0.25, 0.3) is 0 Å².